The highest BCUT2D eigenvalue weighted by molar-refractivity contribution is 6.35. The average Bonchev–Trinajstić information content (AvgIpc) is 2.68. The van der Waals surface area contributed by atoms with Crippen LogP contribution >= 0.6 is 11.6 Å². The Hall–Kier alpha value is -0.990. The van der Waals surface area contributed by atoms with Crippen LogP contribution in [-0.4, -0.2) is 0 Å². The fourth-order valence-electron chi connectivity index (χ4n) is 1.74. The van der Waals surface area contributed by atoms with Gasteiger partial charge < -0.3 is 10.2 Å². The molecule has 0 bridgehead atoms. The van der Waals surface area contributed by atoms with E-state index in [1.165, 1.54) is 0 Å². The van der Waals surface area contributed by atoms with Crippen LogP contribution in [0.25, 0.3) is 11.0 Å². The molecule has 1 atom stereocenters. The van der Waals surface area contributed by atoms with Gasteiger partial charge in [-0.2, -0.15) is 0 Å². The van der Waals surface area contributed by atoms with Crippen molar-refractivity contribution in [3.8, 4) is 0 Å². The van der Waals surface area contributed by atoms with Gasteiger partial charge in [0.1, 0.15) is 11.3 Å². The van der Waals surface area contributed by atoms with Crippen molar-refractivity contribution < 1.29 is 4.42 Å². The highest BCUT2D eigenvalue weighted by Crippen LogP contribution is 2.32. The Balaban J connectivity index is 2.60. The molecule has 0 spiro atoms. The fourth-order valence-corrected chi connectivity index (χ4v) is 1.94. The molecule has 0 aliphatic carbocycles. The van der Waals surface area contributed by atoms with E-state index in [4.69, 9.17) is 21.8 Å². The third-order valence-corrected chi connectivity index (χ3v) is 3.22. The summed E-state index contributed by atoms with van der Waals surface area (Å²) in [7, 11) is 0. The Labute approximate surface area is 100 Å². The standard InChI is InChI=1S/C13H16ClNO/c1-7(2)12(15)11-6-9-10(14)5-4-8(3)13(9)16-11/h4-7,12H,15H2,1-3H3. The van der Waals surface area contributed by atoms with E-state index in [0.29, 0.717) is 10.9 Å². The van der Waals surface area contributed by atoms with E-state index in [2.05, 4.69) is 13.8 Å². The first-order chi connectivity index (χ1) is 7.50. The molecule has 3 heteroatoms. The number of halogens is 1. The normalized spacial score (nSPS) is 13.6. The fraction of sp³-hybridized carbons (Fsp3) is 0.385. The first kappa shape index (κ1) is 11.5. The summed E-state index contributed by atoms with van der Waals surface area (Å²) in [6, 6.07) is 5.72. The van der Waals surface area contributed by atoms with Crippen LogP contribution < -0.4 is 5.73 Å². The molecule has 0 aliphatic heterocycles. The molecule has 1 aromatic carbocycles. The van der Waals surface area contributed by atoms with E-state index in [9.17, 15) is 0 Å². The van der Waals surface area contributed by atoms with Crippen molar-refractivity contribution in [2.75, 3.05) is 0 Å². The van der Waals surface area contributed by atoms with Gasteiger partial charge in [-0.05, 0) is 30.5 Å². The molecule has 2 rings (SSSR count). The smallest absolute Gasteiger partial charge is 0.138 e. The van der Waals surface area contributed by atoms with Crippen LogP contribution in [0.1, 0.15) is 31.2 Å². The van der Waals surface area contributed by atoms with Crippen LogP contribution in [0, 0.1) is 12.8 Å². The number of aryl methyl sites for hydroxylation is 1. The molecule has 0 aliphatic rings. The lowest BCUT2D eigenvalue weighted by atomic mass is 10.0. The van der Waals surface area contributed by atoms with Gasteiger partial charge in [0.05, 0.1) is 11.1 Å². The van der Waals surface area contributed by atoms with Crippen molar-refractivity contribution >= 4 is 22.6 Å². The number of fused-ring (bicyclic) bond motifs is 1. The summed E-state index contributed by atoms with van der Waals surface area (Å²) in [4.78, 5) is 0. The van der Waals surface area contributed by atoms with Crippen LogP contribution in [0.3, 0.4) is 0 Å². The van der Waals surface area contributed by atoms with Crippen LogP contribution in [0.15, 0.2) is 22.6 Å². The van der Waals surface area contributed by atoms with Crippen molar-refractivity contribution in [1.82, 2.24) is 0 Å². The molecule has 0 saturated heterocycles. The lowest BCUT2D eigenvalue weighted by Crippen LogP contribution is -2.15. The van der Waals surface area contributed by atoms with Gasteiger partial charge in [-0.3, -0.25) is 0 Å². The second kappa shape index (κ2) is 4.11. The largest absolute Gasteiger partial charge is 0.459 e. The molecule has 1 unspecified atom stereocenters. The Kier molecular flexibility index (Phi) is 2.96. The summed E-state index contributed by atoms with van der Waals surface area (Å²) in [6.45, 7) is 6.16. The van der Waals surface area contributed by atoms with E-state index in [0.717, 1.165) is 22.3 Å². The van der Waals surface area contributed by atoms with E-state index < -0.39 is 0 Å². The number of nitrogens with two attached hydrogens (primary N) is 1. The zero-order chi connectivity index (χ0) is 11.9. The van der Waals surface area contributed by atoms with Gasteiger partial charge in [-0.15, -0.1) is 0 Å². The molecule has 16 heavy (non-hydrogen) atoms. The van der Waals surface area contributed by atoms with Gasteiger partial charge in [0.2, 0.25) is 0 Å². The summed E-state index contributed by atoms with van der Waals surface area (Å²) >= 11 is 6.13. The first-order valence-electron chi connectivity index (χ1n) is 5.45. The zero-order valence-electron chi connectivity index (χ0n) is 9.75. The lowest BCUT2D eigenvalue weighted by molar-refractivity contribution is 0.418. The molecular weight excluding hydrogens is 222 g/mol. The molecule has 0 amide bonds. The zero-order valence-corrected chi connectivity index (χ0v) is 10.5. The van der Waals surface area contributed by atoms with Crippen molar-refractivity contribution in [3.05, 3.63) is 34.5 Å². The summed E-state index contributed by atoms with van der Waals surface area (Å²) in [6.07, 6.45) is 0. The highest BCUT2D eigenvalue weighted by atomic mass is 35.5. The number of furan rings is 1. The molecule has 1 aromatic heterocycles. The molecule has 0 radical (unpaired) electrons. The Morgan fingerprint density at radius 3 is 2.56 bits per heavy atom. The van der Waals surface area contributed by atoms with Crippen LogP contribution in [0.5, 0.6) is 0 Å². The number of rotatable bonds is 2. The van der Waals surface area contributed by atoms with Gasteiger partial charge in [-0.1, -0.05) is 31.5 Å². The summed E-state index contributed by atoms with van der Waals surface area (Å²) in [5, 5.41) is 1.67. The van der Waals surface area contributed by atoms with E-state index >= 15 is 0 Å². The predicted octanol–water partition coefficient (Wildman–Crippen LogP) is 4.05. The molecular formula is C13H16ClNO. The van der Waals surface area contributed by atoms with Crippen molar-refractivity contribution in [3.63, 3.8) is 0 Å². The maximum absolute atomic E-state index is 6.13. The monoisotopic (exact) mass is 237 g/mol. The molecule has 86 valence electrons. The SMILES string of the molecule is Cc1ccc(Cl)c2cc(C(N)C(C)C)oc12. The minimum absolute atomic E-state index is 0.0807. The minimum atomic E-state index is -0.0807. The van der Waals surface area contributed by atoms with Gasteiger partial charge in [-0.25, -0.2) is 0 Å². The van der Waals surface area contributed by atoms with Gasteiger partial charge >= 0.3 is 0 Å². The van der Waals surface area contributed by atoms with Crippen molar-refractivity contribution in [2.24, 2.45) is 11.7 Å². The van der Waals surface area contributed by atoms with Crippen LogP contribution in [0.2, 0.25) is 5.02 Å². The third kappa shape index (κ3) is 1.83. The molecule has 1 heterocycles. The minimum Gasteiger partial charge on any atom is -0.459 e. The van der Waals surface area contributed by atoms with Gasteiger partial charge in [0.15, 0.2) is 0 Å². The Morgan fingerprint density at radius 2 is 2.00 bits per heavy atom. The van der Waals surface area contributed by atoms with Gasteiger partial charge in [0, 0.05) is 5.39 Å². The highest BCUT2D eigenvalue weighted by Gasteiger charge is 2.17. The van der Waals surface area contributed by atoms with Crippen LogP contribution in [-0.2, 0) is 0 Å². The maximum Gasteiger partial charge on any atom is 0.138 e. The third-order valence-electron chi connectivity index (χ3n) is 2.89. The van der Waals surface area contributed by atoms with Crippen molar-refractivity contribution in [1.29, 1.82) is 0 Å². The molecule has 0 fully saturated rings. The summed E-state index contributed by atoms with van der Waals surface area (Å²) in [5.74, 6) is 1.15. The summed E-state index contributed by atoms with van der Waals surface area (Å²) in [5.41, 5.74) is 8.00. The quantitative estimate of drug-likeness (QED) is 0.856. The average molecular weight is 238 g/mol. The topological polar surface area (TPSA) is 39.2 Å². The van der Waals surface area contributed by atoms with E-state index in [1.54, 1.807) is 0 Å². The summed E-state index contributed by atoms with van der Waals surface area (Å²) < 4.78 is 5.79. The lowest BCUT2D eigenvalue weighted by Gasteiger charge is -2.11. The predicted molar refractivity (Wildman–Crippen MR) is 67.7 cm³/mol. The van der Waals surface area contributed by atoms with Gasteiger partial charge in [0.25, 0.3) is 0 Å². The van der Waals surface area contributed by atoms with Crippen LogP contribution in [0.4, 0.5) is 0 Å². The van der Waals surface area contributed by atoms with Crippen molar-refractivity contribution in [2.45, 2.75) is 26.8 Å². The Bertz CT molecular complexity index is 477. The molecule has 2 aromatic rings. The molecule has 0 saturated carbocycles. The number of benzene rings is 1. The number of hydrogen-bond donors (Lipinski definition) is 1. The second-order valence-corrected chi connectivity index (χ2v) is 4.93. The number of hydrogen-bond acceptors (Lipinski definition) is 2. The molecule has 2 N–H and O–H groups in total. The first-order valence-corrected chi connectivity index (χ1v) is 5.82. The van der Waals surface area contributed by atoms with E-state index in [-0.39, 0.29) is 6.04 Å². The second-order valence-electron chi connectivity index (χ2n) is 4.53. The Morgan fingerprint density at radius 1 is 1.31 bits per heavy atom. The molecule has 2 nitrogen and oxygen atoms in total. The maximum atomic E-state index is 6.13. The van der Waals surface area contributed by atoms with E-state index in [1.807, 2.05) is 25.1 Å².